The number of aliphatic hydroxyl groups is 1. The van der Waals surface area contributed by atoms with Crippen LogP contribution in [-0.4, -0.2) is 39.9 Å². The zero-order chi connectivity index (χ0) is 13.8. The first-order valence-electron chi connectivity index (χ1n) is 5.08. The van der Waals surface area contributed by atoms with Crippen molar-refractivity contribution in [3.05, 3.63) is 24.0 Å². The fourth-order valence-corrected chi connectivity index (χ4v) is 2.30. The summed E-state index contributed by atoms with van der Waals surface area (Å²) in [5, 5.41) is 9.31. The smallest absolute Gasteiger partial charge is 0.240 e. The fourth-order valence-electron chi connectivity index (χ4n) is 1.22. The van der Waals surface area contributed by atoms with Crippen molar-refractivity contribution in [2.24, 2.45) is 0 Å². The Morgan fingerprint density at radius 1 is 1.56 bits per heavy atom. The minimum Gasteiger partial charge on any atom is -0.396 e. The molecule has 18 heavy (non-hydrogen) atoms. The van der Waals surface area contributed by atoms with E-state index in [0.717, 1.165) is 12.1 Å². The number of nitrogens with two attached hydrogens (primary N) is 1. The number of halogens is 1. The molecule has 0 saturated heterocycles. The SMILES string of the molecule is COCC(O)CNS(=O)(=O)c1ccc(N)c(F)c1. The molecule has 0 saturated carbocycles. The van der Waals surface area contributed by atoms with Gasteiger partial charge >= 0.3 is 0 Å². The number of ether oxygens (including phenoxy) is 1. The van der Waals surface area contributed by atoms with E-state index < -0.39 is 21.9 Å². The Kier molecular flexibility index (Phi) is 5.03. The predicted octanol–water partition coefficient (Wildman–Crippen LogP) is -0.306. The van der Waals surface area contributed by atoms with E-state index in [9.17, 15) is 17.9 Å². The van der Waals surface area contributed by atoms with E-state index in [1.54, 1.807) is 0 Å². The quantitative estimate of drug-likeness (QED) is 0.620. The Bertz CT molecular complexity index is 507. The second-order valence-corrected chi connectivity index (χ2v) is 5.41. The Hall–Kier alpha value is -1.22. The van der Waals surface area contributed by atoms with Crippen LogP contribution in [-0.2, 0) is 14.8 Å². The van der Waals surface area contributed by atoms with E-state index in [0.29, 0.717) is 0 Å². The molecule has 0 aliphatic heterocycles. The second kappa shape index (κ2) is 6.10. The third-order valence-electron chi connectivity index (χ3n) is 2.15. The van der Waals surface area contributed by atoms with Gasteiger partial charge in [0.05, 0.1) is 23.3 Å². The van der Waals surface area contributed by atoms with E-state index in [2.05, 4.69) is 9.46 Å². The van der Waals surface area contributed by atoms with Crippen molar-refractivity contribution >= 4 is 15.7 Å². The lowest BCUT2D eigenvalue weighted by molar-refractivity contribution is 0.0679. The van der Waals surface area contributed by atoms with Crippen LogP contribution in [0.1, 0.15) is 0 Å². The summed E-state index contributed by atoms with van der Waals surface area (Å²) in [4.78, 5) is -0.251. The second-order valence-electron chi connectivity index (χ2n) is 3.64. The Labute approximate surface area is 105 Å². The van der Waals surface area contributed by atoms with Gasteiger partial charge in [-0.3, -0.25) is 0 Å². The molecule has 0 spiro atoms. The summed E-state index contributed by atoms with van der Waals surface area (Å²) in [7, 11) is -2.49. The van der Waals surface area contributed by atoms with Gasteiger partial charge in [-0.1, -0.05) is 0 Å². The lowest BCUT2D eigenvalue weighted by Gasteiger charge is -2.11. The van der Waals surface area contributed by atoms with Crippen molar-refractivity contribution in [3.63, 3.8) is 0 Å². The van der Waals surface area contributed by atoms with Gasteiger partial charge in [-0.05, 0) is 18.2 Å². The van der Waals surface area contributed by atoms with Crippen LogP contribution in [0.25, 0.3) is 0 Å². The van der Waals surface area contributed by atoms with Crippen LogP contribution in [0.3, 0.4) is 0 Å². The molecule has 8 heteroatoms. The van der Waals surface area contributed by atoms with Gasteiger partial charge in [-0.25, -0.2) is 17.5 Å². The highest BCUT2D eigenvalue weighted by Crippen LogP contribution is 2.15. The van der Waals surface area contributed by atoms with Crippen molar-refractivity contribution < 1.29 is 22.7 Å². The van der Waals surface area contributed by atoms with E-state index in [1.165, 1.54) is 13.2 Å². The van der Waals surface area contributed by atoms with Crippen LogP contribution in [0, 0.1) is 5.82 Å². The highest BCUT2D eigenvalue weighted by Gasteiger charge is 2.17. The number of nitrogens with one attached hydrogen (secondary N) is 1. The van der Waals surface area contributed by atoms with E-state index in [4.69, 9.17) is 5.73 Å². The molecule has 4 N–H and O–H groups in total. The Balaban J connectivity index is 2.77. The molecule has 1 unspecified atom stereocenters. The molecule has 0 fully saturated rings. The average molecular weight is 278 g/mol. The summed E-state index contributed by atoms with van der Waals surface area (Å²) >= 11 is 0. The zero-order valence-corrected chi connectivity index (χ0v) is 10.6. The highest BCUT2D eigenvalue weighted by atomic mass is 32.2. The van der Waals surface area contributed by atoms with Crippen LogP contribution in [0.4, 0.5) is 10.1 Å². The topological polar surface area (TPSA) is 102 Å². The number of nitrogen functional groups attached to an aromatic ring is 1. The van der Waals surface area contributed by atoms with E-state index in [-0.39, 0.29) is 23.7 Å². The van der Waals surface area contributed by atoms with Gasteiger partial charge in [0.15, 0.2) is 0 Å². The predicted molar refractivity (Wildman–Crippen MR) is 63.9 cm³/mol. The maximum Gasteiger partial charge on any atom is 0.240 e. The molecule has 1 atom stereocenters. The highest BCUT2D eigenvalue weighted by molar-refractivity contribution is 7.89. The van der Waals surface area contributed by atoms with Gasteiger partial charge in [0.1, 0.15) is 5.82 Å². The number of anilines is 1. The van der Waals surface area contributed by atoms with Gasteiger partial charge in [-0.15, -0.1) is 0 Å². The van der Waals surface area contributed by atoms with E-state index >= 15 is 0 Å². The largest absolute Gasteiger partial charge is 0.396 e. The summed E-state index contributed by atoms with van der Waals surface area (Å²) in [6, 6.07) is 3.17. The van der Waals surface area contributed by atoms with Gasteiger partial charge < -0.3 is 15.6 Å². The van der Waals surface area contributed by atoms with Crippen LogP contribution in [0.15, 0.2) is 23.1 Å². The van der Waals surface area contributed by atoms with Crippen LogP contribution in [0.5, 0.6) is 0 Å². The molecule has 0 heterocycles. The zero-order valence-electron chi connectivity index (χ0n) is 9.76. The summed E-state index contributed by atoms with van der Waals surface area (Å²) in [5.41, 5.74) is 5.12. The first kappa shape index (κ1) is 14.8. The minimum absolute atomic E-state index is 0.00137. The monoisotopic (exact) mass is 278 g/mol. The molecule has 1 aromatic carbocycles. The average Bonchev–Trinajstić information content (AvgIpc) is 2.30. The lowest BCUT2D eigenvalue weighted by atomic mass is 10.3. The number of sulfonamides is 1. The first-order chi connectivity index (χ1) is 8.36. The van der Waals surface area contributed by atoms with Crippen molar-refractivity contribution in [2.75, 3.05) is 26.0 Å². The Morgan fingerprint density at radius 3 is 2.78 bits per heavy atom. The molecule has 0 aliphatic rings. The van der Waals surface area contributed by atoms with Crippen LogP contribution < -0.4 is 10.5 Å². The molecule has 0 radical (unpaired) electrons. The normalized spacial score (nSPS) is 13.5. The van der Waals surface area contributed by atoms with Gasteiger partial charge in [0.2, 0.25) is 10.0 Å². The van der Waals surface area contributed by atoms with Crippen LogP contribution >= 0.6 is 0 Å². The molecule has 1 aromatic rings. The van der Waals surface area contributed by atoms with Crippen molar-refractivity contribution in [1.82, 2.24) is 4.72 Å². The minimum atomic E-state index is -3.87. The molecular formula is C10H15FN2O4S. The number of aliphatic hydroxyl groups excluding tert-OH is 1. The van der Waals surface area contributed by atoms with Crippen molar-refractivity contribution in [2.45, 2.75) is 11.0 Å². The first-order valence-corrected chi connectivity index (χ1v) is 6.57. The Morgan fingerprint density at radius 2 is 2.22 bits per heavy atom. The molecule has 102 valence electrons. The standard InChI is InChI=1S/C10H15FN2O4S/c1-17-6-7(14)5-13-18(15,16)8-2-3-10(12)9(11)4-8/h2-4,7,13-14H,5-6,12H2,1H3. The molecule has 0 aromatic heterocycles. The molecule has 0 aliphatic carbocycles. The summed E-state index contributed by atoms with van der Waals surface area (Å²) in [6.07, 6.45) is -0.969. The summed E-state index contributed by atoms with van der Waals surface area (Å²) in [5.74, 6) is -0.810. The van der Waals surface area contributed by atoms with Gasteiger partial charge in [0, 0.05) is 13.7 Å². The molecule has 0 amide bonds. The van der Waals surface area contributed by atoms with Crippen molar-refractivity contribution in [3.8, 4) is 0 Å². The number of hydrogen-bond donors (Lipinski definition) is 3. The van der Waals surface area contributed by atoms with Gasteiger partial charge in [-0.2, -0.15) is 0 Å². The molecule has 1 rings (SSSR count). The maximum absolute atomic E-state index is 13.1. The third kappa shape index (κ3) is 3.91. The fraction of sp³-hybridized carbons (Fsp3) is 0.400. The van der Waals surface area contributed by atoms with Crippen molar-refractivity contribution in [1.29, 1.82) is 0 Å². The maximum atomic E-state index is 13.1. The van der Waals surface area contributed by atoms with Gasteiger partial charge in [0.25, 0.3) is 0 Å². The number of rotatable bonds is 6. The third-order valence-corrected chi connectivity index (χ3v) is 3.57. The molecule has 6 nitrogen and oxygen atoms in total. The lowest BCUT2D eigenvalue weighted by Crippen LogP contribution is -2.34. The number of methoxy groups -OCH3 is 1. The van der Waals surface area contributed by atoms with E-state index in [1.807, 2.05) is 0 Å². The number of hydrogen-bond acceptors (Lipinski definition) is 5. The number of benzene rings is 1. The summed E-state index contributed by atoms with van der Waals surface area (Å²) < 4.78 is 43.4. The summed E-state index contributed by atoms with van der Waals surface area (Å²) in [6.45, 7) is -0.221. The molecular weight excluding hydrogens is 263 g/mol. The molecule has 0 bridgehead atoms. The van der Waals surface area contributed by atoms with Crippen LogP contribution in [0.2, 0.25) is 0 Å².